The predicted molar refractivity (Wildman–Crippen MR) is 327 cm³/mol. The van der Waals surface area contributed by atoms with Crippen molar-refractivity contribution in [3.05, 3.63) is 109 Å². The number of carbonyl (C=O) groups is 1. The molecule has 0 rings (SSSR count). The molecule has 0 saturated carbocycles. The molecule has 0 aliphatic heterocycles. The molecule has 3 atom stereocenters. The number of unbranched alkanes of at least 4 members (excludes halogenated alkanes) is 26. The molecule has 0 aliphatic carbocycles. The fourth-order valence-electron chi connectivity index (χ4n) is 8.47. The maximum atomic E-state index is 13.0. The van der Waals surface area contributed by atoms with Crippen LogP contribution in [0.2, 0.25) is 0 Å². The highest BCUT2D eigenvalue weighted by atomic mass is 31.2. The van der Waals surface area contributed by atoms with Gasteiger partial charge in [-0.05, 0) is 83.5 Å². The number of rotatable bonds is 55. The average Bonchev–Trinajstić information content (AvgIpc) is 3.37. The minimum atomic E-state index is -4.37. The number of nitrogens with one attached hydrogen (secondary N) is 1. The number of nitrogens with zero attached hydrogens (tertiary/aromatic N) is 1. The molecule has 432 valence electrons. The Morgan fingerprint density at radius 2 is 0.800 bits per heavy atom. The molecule has 0 aromatic carbocycles. The molecule has 9 heteroatoms. The van der Waals surface area contributed by atoms with Crippen LogP contribution in [0.5, 0.6) is 0 Å². The predicted octanol–water partition coefficient (Wildman–Crippen LogP) is 19.2. The van der Waals surface area contributed by atoms with Gasteiger partial charge in [0.15, 0.2) is 0 Å². The molecule has 0 heterocycles. The third-order valence-corrected chi connectivity index (χ3v) is 14.2. The van der Waals surface area contributed by atoms with E-state index in [1.54, 1.807) is 6.08 Å². The molecule has 75 heavy (non-hydrogen) atoms. The Labute approximate surface area is 463 Å². The number of phosphoric ester groups is 1. The smallest absolute Gasteiger partial charge is 0.387 e. The summed E-state index contributed by atoms with van der Waals surface area (Å²) in [5.74, 6) is -0.221. The van der Waals surface area contributed by atoms with Gasteiger partial charge in [-0.2, -0.15) is 0 Å². The molecule has 8 nitrogen and oxygen atoms in total. The highest BCUT2D eigenvalue weighted by Crippen LogP contribution is 2.43. The van der Waals surface area contributed by atoms with Crippen molar-refractivity contribution in [2.75, 3.05) is 40.9 Å². The van der Waals surface area contributed by atoms with Crippen LogP contribution in [0, 0.1) is 0 Å². The van der Waals surface area contributed by atoms with E-state index in [2.05, 4.69) is 116 Å². The largest absolute Gasteiger partial charge is 0.472 e. The van der Waals surface area contributed by atoms with Gasteiger partial charge in [0.25, 0.3) is 0 Å². The van der Waals surface area contributed by atoms with E-state index in [1.165, 1.54) is 141 Å². The van der Waals surface area contributed by atoms with Crippen LogP contribution in [-0.2, 0) is 18.4 Å². The summed E-state index contributed by atoms with van der Waals surface area (Å²) in [7, 11) is 1.53. The summed E-state index contributed by atoms with van der Waals surface area (Å²) in [6, 6.07) is -0.880. The summed E-state index contributed by atoms with van der Waals surface area (Å²) < 4.78 is 23.7. The number of allylic oxidation sites excluding steroid dienone is 17. The Bertz CT molecular complexity index is 1590. The molecule has 3 N–H and O–H groups in total. The third kappa shape index (κ3) is 58.7. The second kappa shape index (κ2) is 55.9. The Morgan fingerprint density at radius 1 is 0.467 bits per heavy atom. The third-order valence-electron chi connectivity index (χ3n) is 13.2. The van der Waals surface area contributed by atoms with Crippen molar-refractivity contribution in [3.63, 3.8) is 0 Å². The van der Waals surface area contributed by atoms with Crippen molar-refractivity contribution < 1.29 is 32.9 Å². The number of hydrogen-bond acceptors (Lipinski definition) is 5. The summed E-state index contributed by atoms with van der Waals surface area (Å²) in [6.07, 6.45) is 82.0. The number of hydrogen-bond donors (Lipinski definition) is 3. The van der Waals surface area contributed by atoms with E-state index in [9.17, 15) is 19.4 Å². The molecule has 0 aliphatic rings. The van der Waals surface area contributed by atoms with Crippen LogP contribution >= 0.6 is 7.82 Å². The van der Waals surface area contributed by atoms with E-state index in [0.717, 1.165) is 83.5 Å². The molecular formula is C66H118N2O6P+. The molecule has 0 spiro atoms. The normalized spacial score (nSPS) is 14.6. The van der Waals surface area contributed by atoms with E-state index in [0.29, 0.717) is 23.9 Å². The van der Waals surface area contributed by atoms with Gasteiger partial charge < -0.3 is 19.8 Å². The van der Waals surface area contributed by atoms with Crippen molar-refractivity contribution in [3.8, 4) is 0 Å². The Hall–Kier alpha value is -2.84. The van der Waals surface area contributed by atoms with E-state index in [4.69, 9.17) is 9.05 Å². The zero-order chi connectivity index (χ0) is 54.9. The standard InChI is InChI=1S/C66H117N2O6P/c1-6-8-10-12-14-16-18-20-22-24-26-28-30-32-34-36-38-40-42-44-46-48-50-52-54-56-58-60-66(70)67-64(63-74-75(71,72)73-62-61-68(3,4)5)65(69)59-57-55-53-51-49-47-45-43-41-39-37-35-33-31-29-27-25-23-21-19-17-15-13-11-9-7-2/h8,10,14,16,20,22,26,28,32,34,38,40,44,46,50,52,57,59,64-65,69H,6-7,9,11-13,15,17-19,21,23-25,27,29-31,33,35-37,39,41-43,45,47-49,51,53-56,58,60-63H2,1-5H3,(H-,67,70,71,72)/p+1/b10-8-,16-14-,22-20-,28-26-,34-32-,40-38-,46-44-,52-50-,59-57+. The first-order valence-corrected chi connectivity index (χ1v) is 32.3. The number of amides is 1. The lowest BCUT2D eigenvalue weighted by atomic mass is 10.0. The minimum Gasteiger partial charge on any atom is -0.387 e. The molecule has 0 bridgehead atoms. The molecule has 0 radical (unpaired) electrons. The van der Waals surface area contributed by atoms with Crippen LogP contribution in [0.25, 0.3) is 0 Å². The lowest BCUT2D eigenvalue weighted by molar-refractivity contribution is -0.870. The second-order valence-electron chi connectivity index (χ2n) is 21.7. The number of phosphoric acid groups is 1. The average molecular weight is 1070 g/mol. The van der Waals surface area contributed by atoms with Crippen molar-refractivity contribution in [2.45, 2.75) is 264 Å². The molecule has 0 aromatic rings. The number of likely N-dealkylation sites (N-methyl/N-ethyl adjacent to an activating group) is 1. The van der Waals surface area contributed by atoms with Gasteiger partial charge in [-0.3, -0.25) is 13.8 Å². The number of carbonyl (C=O) groups excluding carboxylic acids is 1. The van der Waals surface area contributed by atoms with Crippen LogP contribution in [0.4, 0.5) is 0 Å². The van der Waals surface area contributed by atoms with Gasteiger partial charge in [0.2, 0.25) is 5.91 Å². The van der Waals surface area contributed by atoms with E-state index in [-0.39, 0.29) is 19.1 Å². The molecular weight excluding hydrogens is 948 g/mol. The Morgan fingerprint density at radius 3 is 1.17 bits per heavy atom. The second-order valence-corrected chi connectivity index (χ2v) is 23.2. The molecule has 0 saturated heterocycles. The topological polar surface area (TPSA) is 105 Å². The Kier molecular flexibility index (Phi) is 53.8. The molecule has 0 aromatic heterocycles. The maximum absolute atomic E-state index is 13.0. The van der Waals surface area contributed by atoms with E-state index in [1.807, 2.05) is 27.2 Å². The SMILES string of the molecule is CC/C=C\C/C=C\C/C=C\C/C=C\C/C=C\C/C=C\C/C=C\C/C=C\CCCCC(=O)NC(COP(=O)(O)OCC[N+](C)(C)C)C(O)/C=C/CCCCCCCCCCCCCCCCCCCCCCCCCC. The van der Waals surface area contributed by atoms with E-state index < -0.39 is 20.0 Å². The first-order chi connectivity index (χ1) is 36.5. The van der Waals surface area contributed by atoms with Gasteiger partial charge >= 0.3 is 7.82 Å². The Balaban J connectivity index is 4.30. The summed E-state index contributed by atoms with van der Waals surface area (Å²) in [5, 5.41) is 13.9. The summed E-state index contributed by atoms with van der Waals surface area (Å²) in [4.78, 5) is 23.3. The highest BCUT2D eigenvalue weighted by Gasteiger charge is 2.27. The zero-order valence-electron chi connectivity index (χ0n) is 49.3. The number of aliphatic hydroxyl groups excluding tert-OH is 1. The zero-order valence-corrected chi connectivity index (χ0v) is 50.1. The van der Waals surface area contributed by atoms with Gasteiger partial charge in [0, 0.05) is 6.42 Å². The fourth-order valence-corrected chi connectivity index (χ4v) is 9.21. The van der Waals surface area contributed by atoms with Crippen molar-refractivity contribution in [1.82, 2.24) is 5.32 Å². The lowest BCUT2D eigenvalue weighted by Crippen LogP contribution is -2.45. The first-order valence-electron chi connectivity index (χ1n) is 30.8. The summed E-state index contributed by atoms with van der Waals surface area (Å²) >= 11 is 0. The van der Waals surface area contributed by atoms with Crippen LogP contribution < -0.4 is 5.32 Å². The molecule has 3 unspecified atom stereocenters. The number of aliphatic hydroxyl groups is 1. The molecule has 1 amide bonds. The highest BCUT2D eigenvalue weighted by molar-refractivity contribution is 7.47. The number of quaternary nitrogens is 1. The van der Waals surface area contributed by atoms with Crippen LogP contribution in [0.3, 0.4) is 0 Å². The first kappa shape index (κ1) is 72.2. The summed E-state index contributed by atoms with van der Waals surface area (Å²) in [5.41, 5.74) is 0. The van der Waals surface area contributed by atoms with Crippen LogP contribution in [-0.4, -0.2) is 73.4 Å². The van der Waals surface area contributed by atoms with Crippen LogP contribution in [0.15, 0.2) is 109 Å². The van der Waals surface area contributed by atoms with Crippen molar-refractivity contribution >= 4 is 13.7 Å². The lowest BCUT2D eigenvalue weighted by Gasteiger charge is -2.25. The van der Waals surface area contributed by atoms with Gasteiger partial charge in [0.1, 0.15) is 13.2 Å². The quantitative estimate of drug-likeness (QED) is 0.0243. The van der Waals surface area contributed by atoms with Crippen LogP contribution in [0.1, 0.15) is 251 Å². The minimum absolute atomic E-state index is 0.0470. The van der Waals surface area contributed by atoms with Gasteiger partial charge in [-0.15, -0.1) is 0 Å². The molecule has 0 fully saturated rings. The maximum Gasteiger partial charge on any atom is 0.472 e. The van der Waals surface area contributed by atoms with E-state index >= 15 is 0 Å². The van der Waals surface area contributed by atoms with Gasteiger partial charge in [-0.1, -0.05) is 271 Å². The monoisotopic (exact) mass is 1070 g/mol. The van der Waals surface area contributed by atoms with Gasteiger partial charge in [0.05, 0.1) is 39.9 Å². The van der Waals surface area contributed by atoms with Crippen molar-refractivity contribution in [1.29, 1.82) is 0 Å². The fraction of sp³-hybridized carbons (Fsp3) is 0.712. The summed E-state index contributed by atoms with van der Waals surface area (Å²) in [6.45, 7) is 4.68. The van der Waals surface area contributed by atoms with Crippen molar-refractivity contribution in [2.24, 2.45) is 0 Å². The van der Waals surface area contributed by atoms with Gasteiger partial charge in [-0.25, -0.2) is 4.57 Å².